The van der Waals surface area contributed by atoms with Crippen molar-refractivity contribution in [1.82, 2.24) is 15.3 Å². The number of hydrogen-bond acceptors (Lipinski definition) is 5. The van der Waals surface area contributed by atoms with E-state index in [9.17, 15) is 14.9 Å². The highest BCUT2D eigenvalue weighted by Gasteiger charge is 2.14. The Morgan fingerprint density at radius 3 is 2.74 bits per heavy atom. The highest BCUT2D eigenvalue weighted by molar-refractivity contribution is 5.77. The van der Waals surface area contributed by atoms with Crippen LogP contribution >= 0.6 is 0 Å². The fraction of sp³-hybridized carbons (Fsp3) is 0.263. The van der Waals surface area contributed by atoms with Crippen LogP contribution in [-0.4, -0.2) is 27.3 Å². The molecule has 8 nitrogen and oxygen atoms in total. The minimum Gasteiger partial charge on any atom is -0.379 e. The van der Waals surface area contributed by atoms with Crippen LogP contribution in [0.2, 0.25) is 0 Å². The van der Waals surface area contributed by atoms with Crippen molar-refractivity contribution in [2.45, 2.75) is 25.8 Å². The average molecular weight is 367 g/mol. The molecule has 0 aliphatic heterocycles. The maximum absolute atomic E-state index is 12.1. The van der Waals surface area contributed by atoms with E-state index < -0.39 is 4.92 Å². The van der Waals surface area contributed by atoms with Gasteiger partial charge in [-0.05, 0) is 31.5 Å². The molecule has 1 heterocycles. The van der Waals surface area contributed by atoms with Crippen molar-refractivity contribution >= 4 is 28.3 Å². The molecule has 0 radical (unpaired) electrons. The molecular weight excluding hydrogens is 346 g/mol. The molecule has 1 unspecified atom stereocenters. The quantitative estimate of drug-likeness (QED) is 0.320. The third kappa shape index (κ3) is 4.60. The SMILES string of the molecule is CC(NC(=O)CCCNc1ccccc1[N+](=O)[O-])c1nc2ccccc2[nH]1. The number of nitrogens with one attached hydrogen (secondary N) is 3. The molecule has 1 amide bonds. The third-order valence-electron chi connectivity index (χ3n) is 4.19. The second-order valence-electron chi connectivity index (χ2n) is 6.23. The van der Waals surface area contributed by atoms with E-state index in [4.69, 9.17) is 0 Å². The van der Waals surface area contributed by atoms with Gasteiger partial charge >= 0.3 is 0 Å². The molecule has 1 atom stereocenters. The summed E-state index contributed by atoms with van der Waals surface area (Å²) in [5.74, 6) is 0.620. The summed E-state index contributed by atoms with van der Waals surface area (Å²) in [6, 6.07) is 13.9. The fourth-order valence-electron chi connectivity index (χ4n) is 2.81. The molecule has 0 aliphatic rings. The minimum atomic E-state index is -0.427. The van der Waals surface area contributed by atoms with E-state index in [0.29, 0.717) is 30.9 Å². The van der Waals surface area contributed by atoms with Gasteiger partial charge in [-0.3, -0.25) is 14.9 Å². The summed E-state index contributed by atoms with van der Waals surface area (Å²) in [5, 5.41) is 16.9. The normalized spacial score (nSPS) is 11.9. The van der Waals surface area contributed by atoms with Crippen LogP contribution < -0.4 is 10.6 Å². The fourth-order valence-corrected chi connectivity index (χ4v) is 2.81. The van der Waals surface area contributed by atoms with E-state index in [2.05, 4.69) is 20.6 Å². The Labute approximate surface area is 156 Å². The Hall–Kier alpha value is -3.42. The summed E-state index contributed by atoms with van der Waals surface area (Å²) < 4.78 is 0. The van der Waals surface area contributed by atoms with Crippen LogP contribution in [0.25, 0.3) is 11.0 Å². The van der Waals surface area contributed by atoms with E-state index in [0.717, 1.165) is 11.0 Å². The summed E-state index contributed by atoms with van der Waals surface area (Å²) in [5.41, 5.74) is 2.28. The standard InChI is InChI=1S/C19H21N5O3/c1-13(19-22-14-7-2-3-8-15(14)23-19)21-18(25)11-6-12-20-16-9-4-5-10-17(16)24(26)27/h2-5,7-10,13,20H,6,11-12H2,1H3,(H,21,25)(H,22,23). The van der Waals surface area contributed by atoms with Gasteiger partial charge in [-0.2, -0.15) is 0 Å². The number of amides is 1. The predicted octanol–water partition coefficient (Wildman–Crippen LogP) is 3.54. The lowest BCUT2D eigenvalue weighted by atomic mass is 10.2. The number of imidazole rings is 1. The number of nitro groups is 1. The smallest absolute Gasteiger partial charge is 0.292 e. The zero-order valence-corrected chi connectivity index (χ0v) is 14.9. The number of H-pyrrole nitrogens is 1. The first-order chi connectivity index (χ1) is 13.0. The van der Waals surface area contributed by atoms with Crippen molar-refractivity contribution in [3.63, 3.8) is 0 Å². The Bertz CT molecular complexity index is 920. The maximum atomic E-state index is 12.1. The molecule has 0 fully saturated rings. The van der Waals surface area contributed by atoms with Crippen molar-refractivity contribution in [2.75, 3.05) is 11.9 Å². The lowest BCUT2D eigenvalue weighted by Gasteiger charge is -2.12. The van der Waals surface area contributed by atoms with E-state index in [1.807, 2.05) is 31.2 Å². The topological polar surface area (TPSA) is 113 Å². The first-order valence-corrected chi connectivity index (χ1v) is 8.76. The number of aromatic nitrogens is 2. The summed E-state index contributed by atoms with van der Waals surface area (Å²) >= 11 is 0. The molecule has 0 saturated heterocycles. The number of hydrogen-bond donors (Lipinski definition) is 3. The highest BCUT2D eigenvalue weighted by Crippen LogP contribution is 2.23. The summed E-state index contributed by atoms with van der Waals surface area (Å²) in [7, 11) is 0. The number of carbonyl (C=O) groups excluding carboxylic acids is 1. The number of aromatic amines is 1. The van der Waals surface area contributed by atoms with Crippen molar-refractivity contribution < 1.29 is 9.72 Å². The first kappa shape index (κ1) is 18.4. The van der Waals surface area contributed by atoms with E-state index >= 15 is 0 Å². The molecule has 3 rings (SSSR count). The molecule has 140 valence electrons. The van der Waals surface area contributed by atoms with Crippen molar-refractivity contribution in [2.24, 2.45) is 0 Å². The zero-order valence-electron chi connectivity index (χ0n) is 14.9. The number of nitro benzene ring substituents is 1. The number of fused-ring (bicyclic) bond motifs is 1. The van der Waals surface area contributed by atoms with Crippen LogP contribution in [0.4, 0.5) is 11.4 Å². The Morgan fingerprint density at radius 2 is 1.96 bits per heavy atom. The van der Waals surface area contributed by atoms with Gasteiger partial charge in [0.25, 0.3) is 5.69 Å². The molecule has 0 saturated carbocycles. The summed E-state index contributed by atoms with van der Waals surface area (Å²) in [6.07, 6.45) is 0.878. The number of nitrogens with zero attached hydrogens (tertiary/aromatic N) is 2. The van der Waals surface area contributed by atoms with Gasteiger partial charge in [-0.25, -0.2) is 4.98 Å². The van der Waals surface area contributed by atoms with Gasteiger partial charge in [0, 0.05) is 19.0 Å². The number of anilines is 1. The second-order valence-corrected chi connectivity index (χ2v) is 6.23. The van der Waals surface area contributed by atoms with Gasteiger partial charge in [0.05, 0.1) is 22.0 Å². The number of carbonyl (C=O) groups is 1. The molecule has 0 spiro atoms. The predicted molar refractivity (Wildman–Crippen MR) is 103 cm³/mol. The van der Waals surface area contributed by atoms with Crippen LogP contribution in [0.5, 0.6) is 0 Å². The molecule has 3 aromatic rings. The largest absolute Gasteiger partial charge is 0.379 e. The molecule has 0 bridgehead atoms. The lowest BCUT2D eigenvalue weighted by Crippen LogP contribution is -2.27. The van der Waals surface area contributed by atoms with E-state index in [1.54, 1.807) is 18.2 Å². The number of para-hydroxylation sites is 4. The molecule has 27 heavy (non-hydrogen) atoms. The van der Waals surface area contributed by atoms with Crippen molar-refractivity contribution in [3.8, 4) is 0 Å². The monoisotopic (exact) mass is 367 g/mol. The molecule has 0 aliphatic carbocycles. The maximum Gasteiger partial charge on any atom is 0.292 e. The van der Waals surface area contributed by atoms with Gasteiger partial charge in [0.2, 0.25) is 5.91 Å². The van der Waals surface area contributed by atoms with Crippen LogP contribution in [-0.2, 0) is 4.79 Å². The van der Waals surface area contributed by atoms with Gasteiger partial charge in [-0.1, -0.05) is 24.3 Å². The molecular formula is C19H21N5O3. The van der Waals surface area contributed by atoms with Crippen molar-refractivity contribution in [1.29, 1.82) is 0 Å². The van der Waals surface area contributed by atoms with Gasteiger partial charge < -0.3 is 15.6 Å². The molecule has 1 aromatic heterocycles. The Balaban J connectivity index is 1.46. The van der Waals surface area contributed by atoms with E-state index in [1.165, 1.54) is 6.07 Å². The lowest BCUT2D eigenvalue weighted by molar-refractivity contribution is -0.384. The van der Waals surface area contributed by atoms with Crippen molar-refractivity contribution in [3.05, 3.63) is 64.5 Å². The van der Waals surface area contributed by atoms with Crippen LogP contribution in [0.3, 0.4) is 0 Å². The minimum absolute atomic E-state index is 0.0282. The molecule has 3 N–H and O–H groups in total. The van der Waals surface area contributed by atoms with Gasteiger partial charge in [-0.15, -0.1) is 0 Å². The van der Waals surface area contributed by atoms with Gasteiger partial charge in [0.15, 0.2) is 0 Å². The summed E-state index contributed by atoms with van der Waals surface area (Å²) in [4.78, 5) is 30.4. The Kier molecular flexibility index (Phi) is 5.65. The first-order valence-electron chi connectivity index (χ1n) is 8.76. The zero-order chi connectivity index (χ0) is 19.2. The highest BCUT2D eigenvalue weighted by atomic mass is 16.6. The van der Waals surface area contributed by atoms with E-state index in [-0.39, 0.29) is 17.6 Å². The molecule has 8 heteroatoms. The number of benzene rings is 2. The second kappa shape index (κ2) is 8.31. The van der Waals surface area contributed by atoms with Crippen LogP contribution in [0, 0.1) is 10.1 Å². The average Bonchev–Trinajstić information content (AvgIpc) is 3.10. The summed E-state index contributed by atoms with van der Waals surface area (Å²) in [6.45, 7) is 2.35. The molecule has 2 aromatic carbocycles. The van der Waals surface area contributed by atoms with Crippen LogP contribution in [0.1, 0.15) is 31.6 Å². The third-order valence-corrected chi connectivity index (χ3v) is 4.19. The van der Waals surface area contributed by atoms with Gasteiger partial charge in [0.1, 0.15) is 11.5 Å². The Morgan fingerprint density at radius 1 is 1.22 bits per heavy atom. The number of rotatable bonds is 8. The van der Waals surface area contributed by atoms with Crippen LogP contribution in [0.15, 0.2) is 48.5 Å².